The molecule has 1 aliphatic heterocycles. The molecule has 1 aliphatic carbocycles. The fraction of sp³-hybridized carbons (Fsp3) is 0.381. The van der Waals surface area contributed by atoms with E-state index in [1.807, 2.05) is 26.0 Å². The molecule has 4 rings (SSSR count). The standard InChI is InChI=1S/C21H23NO3/c1-3-22-16-7-4-12(2)20(15(16)11-19(22)25)21-17(23)9-14(10-18(21)24)8-13-5-6-13/h4,7,9-10,13,23-24H,3,5-6,8,11H2,1-2H3. The fourth-order valence-electron chi connectivity index (χ4n) is 3.96. The molecule has 0 saturated heterocycles. The number of likely N-dealkylation sites (N-methyl/N-ethyl adjacent to an activating group) is 1. The minimum atomic E-state index is 0.0636. The highest BCUT2D eigenvalue weighted by Crippen LogP contribution is 2.46. The van der Waals surface area contributed by atoms with Gasteiger partial charge in [-0.15, -0.1) is 0 Å². The van der Waals surface area contributed by atoms with Gasteiger partial charge in [0.05, 0.1) is 12.0 Å². The van der Waals surface area contributed by atoms with Crippen molar-refractivity contribution >= 4 is 11.6 Å². The molecule has 2 N–H and O–H groups in total. The van der Waals surface area contributed by atoms with Crippen LogP contribution in [0.4, 0.5) is 5.69 Å². The zero-order chi connectivity index (χ0) is 17.7. The molecular formula is C21H23NO3. The summed E-state index contributed by atoms with van der Waals surface area (Å²) in [6.07, 6.45) is 3.66. The lowest BCUT2D eigenvalue weighted by Crippen LogP contribution is -2.25. The summed E-state index contributed by atoms with van der Waals surface area (Å²) in [6.45, 7) is 4.52. The summed E-state index contributed by atoms with van der Waals surface area (Å²) in [6, 6.07) is 7.44. The Morgan fingerprint density at radius 1 is 1.12 bits per heavy atom. The van der Waals surface area contributed by atoms with Crippen LogP contribution in [0.15, 0.2) is 24.3 Å². The van der Waals surface area contributed by atoms with Crippen LogP contribution >= 0.6 is 0 Å². The van der Waals surface area contributed by atoms with Crippen molar-refractivity contribution in [1.29, 1.82) is 0 Å². The van der Waals surface area contributed by atoms with E-state index in [-0.39, 0.29) is 17.4 Å². The van der Waals surface area contributed by atoms with E-state index in [0.29, 0.717) is 24.4 Å². The largest absolute Gasteiger partial charge is 0.507 e. The van der Waals surface area contributed by atoms with Gasteiger partial charge in [-0.3, -0.25) is 4.79 Å². The third kappa shape index (κ3) is 2.66. The van der Waals surface area contributed by atoms with Crippen LogP contribution in [0.25, 0.3) is 11.1 Å². The molecule has 2 aromatic carbocycles. The van der Waals surface area contributed by atoms with Gasteiger partial charge in [-0.2, -0.15) is 0 Å². The maximum Gasteiger partial charge on any atom is 0.231 e. The lowest BCUT2D eigenvalue weighted by atomic mass is 9.91. The van der Waals surface area contributed by atoms with Crippen molar-refractivity contribution in [2.24, 2.45) is 5.92 Å². The van der Waals surface area contributed by atoms with Crippen molar-refractivity contribution in [1.82, 2.24) is 0 Å². The molecular weight excluding hydrogens is 314 g/mol. The molecule has 0 aromatic heterocycles. The number of hydrogen-bond donors (Lipinski definition) is 2. The van der Waals surface area contributed by atoms with Gasteiger partial charge in [0.25, 0.3) is 0 Å². The average Bonchev–Trinajstić information content (AvgIpc) is 3.29. The van der Waals surface area contributed by atoms with Crippen LogP contribution < -0.4 is 4.90 Å². The summed E-state index contributed by atoms with van der Waals surface area (Å²) in [5.74, 6) is 0.931. The molecule has 4 nitrogen and oxygen atoms in total. The smallest absolute Gasteiger partial charge is 0.231 e. The van der Waals surface area contributed by atoms with Crippen LogP contribution in [0.2, 0.25) is 0 Å². The first kappa shape index (κ1) is 16.0. The first-order chi connectivity index (χ1) is 12.0. The Morgan fingerprint density at radius 2 is 1.80 bits per heavy atom. The quantitative estimate of drug-likeness (QED) is 0.888. The zero-order valence-corrected chi connectivity index (χ0v) is 14.7. The number of carbonyl (C=O) groups is 1. The number of amides is 1. The summed E-state index contributed by atoms with van der Waals surface area (Å²) in [7, 11) is 0. The number of phenolic OH excluding ortho intramolecular Hbond substituents is 2. The third-order valence-electron chi connectivity index (χ3n) is 5.36. The second-order valence-electron chi connectivity index (χ2n) is 7.23. The molecule has 0 bridgehead atoms. The number of benzene rings is 2. The van der Waals surface area contributed by atoms with Gasteiger partial charge in [0, 0.05) is 12.2 Å². The normalized spacial score (nSPS) is 16.4. The van der Waals surface area contributed by atoms with Crippen molar-refractivity contribution in [2.75, 3.05) is 11.4 Å². The monoisotopic (exact) mass is 337 g/mol. The molecule has 1 fully saturated rings. The molecule has 1 saturated carbocycles. The van der Waals surface area contributed by atoms with E-state index in [2.05, 4.69) is 0 Å². The van der Waals surface area contributed by atoms with Crippen LogP contribution in [0.3, 0.4) is 0 Å². The van der Waals surface area contributed by atoms with Gasteiger partial charge in [0.2, 0.25) is 5.91 Å². The van der Waals surface area contributed by atoms with Gasteiger partial charge in [0.15, 0.2) is 0 Å². The fourth-order valence-corrected chi connectivity index (χ4v) is 3.96. The number of aryl methyl sites for hydroxylation is 1. The first-order valence-corrected chi connectivity index (χ1v) is 8.97. The number of carbonyl (C=O) groups excluding carboxylic acids is 1. The molecule has 0 spiro atoms. The van der Waals surface area contributed by atoms with Crippen molar-refractivity contribution < 1.29 is 15.0 Å². The summed E-state index contributed by atoms with van der Waals surface area (Å²) in [5.41, 5.74) is 4.93. The summed E-state index contributed by atoms with van der Waals surface area (Å²) < 4.78 is 0. The van der Waals surface area contributed by atoms with E-state index < -0.39 is 0 Å². The second-order valence-corrected chi connectivity index (χ2v) is 7.23. The van der Waals surface area contributed by atoms with Gasteiger partial charge in [-0.05, 0) is 79.5 Å². The van der Waals surface area contributed by atoms with Crippen LogP contribution in [-0.4, -0.2) is 22.7 Å². The first-order valence-electron chi connectivity index (χ1n) is 8.97. The molecule has 2 aliphatic rings. The Morgan fingerprint density at radius 3 is 2.40 bits per heavy atom. The van der Waals surface area contributed by atoms with Crippen LogP contribution in [0.5, 0.6) is 11.5 Å². The highest BCUT2D eigenvalue weighted by atomic mass is 16.3. The van der Waals surface area contributed by atoms with E-state index in [9.17, 15) is 15.0 Å². The van der Waals surface area contributed by atoms with E-state index in [0.717, 1.165) is 34.4 Å². The molecule has 0 radical (unpaired) electrons. The highest BCUT2D eigenvalue weighted by molar-refractivity contribution is 6.05. The van der Waals surface area contributed by atoms with E-state index >= 15 is 0 Å². The van der Waals surface area contributed by atoms with Crippen LogP contribution in [-0.2, 0) is 17.6 Å². The molecule has 25 heavy (non-hydrogen) atoms. The van der Waals surface area contributed by atoms with Crippen molar-refractivity contribution in [3.05, 3.63) is 41.0 Å². The Balaban J connectivity index is 1.85. The number of hydrogen-bond acceptors (Lipinski definition) is 3. The maximum absolute atomic E-state index is 12.3. The maximum atomic E-state index is 12.3. The minimum absolute atomic E-state index is 0.0636. The van der Waals surface area contributed by atoms with Gasteiger partial charge < -0.3 is 15.1 Å². The molecule has 0 unspecified atom stereocenters. The van der Waals surface area contributed by atoms with Crippen LogP contribution in [0.1, 0.15) is 36.5 Å². The minimum Gasteiger partial charge on any atom is -0.507 e. The molecule has 0 atom stereocenters. The Bertz CT molecular complexity index is 845. The van der Waals surface area contributed by atoms with Crippen molar-refractivity contribution in [3.8, 4) is 22.6 Å². The number of nitrogens with zero attached hydrogens (tertiary/aromatic N) is 1. The molecule has 1 heterocycles. The van der Waals surface area contributed by atoms with Gasteiger partial charge in [-0.1, -0.05) is 6.07 Å². The number of fused-ring (bicyclic) bond motifs is 1. The molecule has 1 amide bonds. The summed E-state index contributed by atoms with van der Waals surface area (Å²) >= 11 is 0. The Labute approximate surface area is 147 Å². The lowest BCUT2D eigenvalue weighted by molar-refractivity contribution is -0.117. The number of anilines is 1. The predicted octanol–water partition coefficient (Wildman–Crippen LogP) is 3.93. The second kappa shape index (κ2) is 5.80. The molecule has 130 valence electrons. The summed E-state index contributed by atoms with van der Waals surface area (Å²) in [4.78, 5) is 14.1. The van der Waals surface area contributed by atoms with Gasteiger partial charge >= 0.3 is 0 Å². The SMILES string of the molecule is CCN1C(=O)Cc2c1ccc(C)c2-c1c(O)cc(CC2CC2)cc1O. The third-order valence-corrected chi connectivity index (χ3v) is 5.36. The molecule has 4 heteroatoms. The number of rotatable bonds is 4. The van der Waals surface area contributed by atoms with Crippen LogP contribution in [0, 0.1) is 12.8 Å². The predicted molar refractivity (Wildman–Crippen MR) is 98.1 cm³/mol. The number of aromatic hydroxyl groups is 2. The lowest BCUT2D eigenvalue weighted by Gasteiger charge is -2.18. The zero-order valence-electron chi connectivity index (χ0n) is 14.7. The average molecular weight is 337 g/mol. The van der Waals surface area contributed by atoms with Crippen molar-refractivity contribution in [3.63, 3.8) is 0 Å². The van der Waals surface area contributed by atoms with E-state index in [4.69, 9.17) is 0 Å². The van der Waals surface area contributed by atoms with E-state index in [1.165, 1.54) is 12.8 Å². The van der Waals surface area contributed by atoms with Gasteiger partial charge in [-0.25, -0.2) is 0 Å². The van der Waals surface area contributed by atoms with Crippen molar-refractivity contribution in [2.45, 2.75) is 39.5 Å². The number of phenols is 2. The summed E-state index contributed by atoms with van der Waals surface area (Å²) in [5, 5.41) is 21.3. The Hall–Kier alpha value is -2.49. The Kier molecular flexibility index (Phi) is 3.71. The van der Waals surface area contributed by atoms with Gasteiger partial charge in [0.1, 0.15) is 11.5 Å². The molecule has 2 aromatic rings. The topological polar surface area (TPSA) is 60.8 Å². The van der Waals surface area contributed by atoms with E-state index in [1.54, 1.807) is 17.0 Å². The highest BCUT2D eigenvalue weighted by Gasteiger charge is 2.31.